The van der Waals surface area contributed by atoms with Crippen molar-refractivity contribution in [2.45, 2.75) is 19.8 Å². The van der Waals surface area contributed by atoms with E-state index in [1.54, 1.807) is 57.5 Å². The number of rotatable bonds is 20. The molecule has 0 aliphatic heterocycles. The van der Waals surface area contributed by atoms with Gasteiger partial charge in [0.25, 0.3) is 23.6 Å². The quantitative estimate of drug-likeness (QED) is 0.0299. The Hall–Kier alpha value is -13.2. The van der Waals surface area contributed by atoms with Crippen molar-refractivity contribution in [3.63, 3.8) is 0 Å². The van der Waals surface area contributed by atoms with Crippen molar-refractivity contribution < 1.29 is 84.4 Å². The van der Waals surface area contributed by atoms with Crippen LogP contribution in [0.3, 0.4) is 0 Å². The van der Waals surface area contributed by atoms with Crippen molar-refractivity contribution in [3.05, 3.63) is 162 Å². The molecule has 103 heavy (non-hydrogen) atoms. The van der Waals surface area contributed by atoms with Gasteiger partial charge in [-0.3, -0.25) is 59.4 Å². The van der Waals surface area contributed by atoms with E-state index in [-0.39, 0.29) is 94.5 Å². The number of benzene rings is 3. The molecular weight excluding hydrogens is 1400 g/mol. The van der Waals surface area contributed by atoms with Crippen molar-refractivity contribution >= 4 is 120 Å². The van der Waals surface area contributed by atoms with Crippen LogP contribution in [0.5, 0.6) is 0 Å². The smallest absolute Gasteiger partial charge is 0.413 e. The van der Waals surface area contributed by atoms with Crippen LogP contribution in [0, 0.1) is 20.2 Å². The number of ether oxygens (including phenoxy) is 3. The molecule has 0 saturated heterocycles. The van der Waals surface area contributed by atoms with Crippen molar-refractivity contribution in [2.24, 2.45) is 28.2 Å². The number of nitrogens with two attached hydrogens (primary N) is 2. The number of nitrogen functional groups attached to an aromatic ring is 2. The number of nitrogens with one attached hydrogen (secondary N) is 6. The number of carbonyl (C=O) groups excluding carboxylic acids is 7. The molecule has 45 heteroatoms. The molecule has 0 radical (unpaired) electrons. The molecule has 43 nitrogen and oxygen atoms in total. The Morgan fingerprint density at radius 2 is 0.835 bits per heavy atom. The van der Waals surface area contributed by atoms with Crippen LogP contribution in [0.2, 0.25) is 0 Å². The zero-order valence-electron chi connectivity index (χ0n) is 57.7. The van der Waals surface area contributed by atoms with Gasteiger partial charge < -0.3 is 60.5 Å². The van der Waals surface area contributed by atoms with Crippen LogP contribution in [0.15, 0.2) is 97.1 Å². The highest BCUT2D eigenvalue weighted by Gasteiger charge is 2.34. The summed E-state index contributed by atoms with van der Waals surface area (Å²) in [5, 5.41) is 57.7. The number of carboxylic acid groups (broad SMARTS) is 1. The summed E-state index contributed by atoms with van der Waals surface area (Å²) in [7, 11) is 10.9. The van der Waals surface area contributed by atoms with E-state index >= 15 is 0 Å². The molecule has 0 fully saturated rings. The number of carboxylic acids is 1. The fourth-order valence-corrected chi connectivity index (χ4v) is 8.95. The molecule has 8 aromatic rings. The summed E-state index contributed by atoms with van der Waals surface area (Å²) < 4.78 is 70.2. The first-order valence-electron chi connectivity index (χ1n) is 29.1. The number of H-pyrrole nitrogens is 1. The number of aromatic carboxylic acids is 1. The average molecular weight is 1480 g/mol. The maximum atomic E-state index is 12.3. The molecule has 0 aliphatic rings. The predicted octanol–water partition coefficient (Wildman–Crippen LogP) is 3.57. The number of hydrogen-bond acceptors (Lipinski definition) is 26. The van der Waals surface area contributed by atoms with Crippen LogP contribution in [-0.4, -0.2) is 217 Å². The Labute approximate surface area is 587 Å². The van der Waals surface area contributed by atoms with E-state index in [0.29, 0.717) is 0 Å². The van der Waals surface area contributed by atoms with E-state index in [0.717, 1.165) is 44.8 Å². The molecule has 0 aliphatic carbocycles. The molecule has 7 amide bonds. The minimum absolute atomic E-state index is 0.00179. The van der Waals surface area contributed by atoms with Gasteiger partial charge in [0.15, 0.2) is 34.4 Å². The summed E-state index contributed by atoms with van der Waals surface area (Å²) in [6.07, 6.45) is -0.474. The molecule has 0 unspecified atom stereocenters. The summed E-state index contributed by atoms with van der Waals surface area (Å²) in [5.41, 5.74) is 12.5. The molecular formula is C58H75N23O20S2. The second kappa shape index (κ2) is 36.6. The standard InChI is InChI=1S/C16H21N5O5S.C15H17N5O5.C15H19N5O3.C8H15N5O3S.C4H3N3O4/c1-20(2)15(22)13-12(19-27(4,24)25)14(21(3)18-13)17-16(23)26-10-11-8-6-5-7-9-11;1-18(2)14(21)11-12(20(23)24)13(19(3)17-11)16-15(22)25-9-10-7-5-4-6-8-10;1-19(2)14(21)12-11(16)13(20(3)18-12)17-15(22)23-9-10-7-5-4-6-8-10;1-12(2)8(14)6-5(11-17(4,15)16)7(9)13(3)10-6;8-4(9)2-1-3(6-5-2)7(10)11/h5-9,19H,10H2,1-4H3,(H,17,23);4-8H,9H2,1-3H3,(H,16,22);4-8H,9,16H2,1-3H3,(H,17,22);11H,9H2,1-4H3;1H,(H,5,6)(H,8,9). The maximum absolute atomic E-state index is 12.3. The first-order chi connectivity index (χ1) is 48.0. The Kier molecular flexibility index (Phi) is 29.2. The minimum atomic E-state index is -3.73. The molecule has 0 bridgehead atoms. The van der Waals surface area contributed by atoms with Crippen LogP contribution in [0.4, 0.5) is 66.2 Å². The normalized spacial score (nSPS) is 10.5. The van der Waals surface area contributed by atoms with E-state index in [1.807, 2.05) is 59.7 Å². The number of aromatic amines is 1. The lowest BCUT2D eigenvalue weighted by molar-refractivity contribution is -0.389. The molecule has 5 aromatic heterocycles. The monoisotopic (exact) mass is 1480 g/mol. The van der Waals surface area contributed by atoms with Crippen LogP contribution in [0.25, 0.3) is 0 Å². The van der Waals surface area contributed by atoms with Crippen LogP contribution in [-0.2, 0) is 82.3 Å². The molecule has 11 N–H and O–H groups in total. The van der Waals surface area contributed by atoms with Gasteiger partial charge in [-0.1, -0.05) is 96.1 Å². The van der Waals surface area contributed by atoms with E-state index in [1.165, 1.54) is 92.2 Å². The zero-order valence-corrected chi connectivity index (χ0v) is 59.4. The largest absolute Gasteiger partial charge is 0.476 e. The molecule has 0 atom stereocenters. The molecule has 0 saturated carbocycles. The second-order valence-electron chi connectivity index (χ2n) is 21.9. The number of amides is 7. The molecule has 554 valence electrons. The maximum Gasteiger partial charge on any atom is 0.413 e. The van der Waals surface area contributed by atoms with E-state index < -0.39 is 83.4 Å². The van der Waals surface area contributed by atoms with Crippen molar-refractivity contribution in [1.82, 2.24) is 68.9 Å². The number of nitrogens with zero attached hydrogens (tertiary/aromatic N) is 15. The highest BCUT2D eigenvalue weighted by atomic mass is 32.2. The molecule has 8 rings (SSSR count). The number of carbonyl (C=O) groups is 8. The molecule has 5 heterocycles. The van der Waals surface area contributed by atoms with E-state index in [4.69, 9.17) is 30.8 Å². The predicted molar refractivity (Wildman–Crippen MR) is 370 cm³/mol. The first-order valence-corrected chi connectivity index (χ1v) is 32.9. The zero-order chi connectivity index (χ0) is 77.5. The number of aromatic nitrogens is 10. The van der Waals surface area contributed by atoms with Gasteiger partial charge in [-0.05, 0) is 21.6 Å². The SMILES string of the molecule is CN(C)C(=O)c1nn(C)c(N)c1NS(C)(=O)=O.CN(C)C(=O)c1nn(C)c(NC(=O)OCc2ccccc2)c1N.CN(C)C(=O)c1nn(C)c(NC(=O)OCc2ccccc2)c1NS(C)(=O)=O.CN(C)C(=O)c1nn(C)c(NC(=O)OCc2ccccc2)c1[N+](=O)[O-].O=C(O)c1cc([N+](=O)[O-])[nH]n1. The summed E-state index contributed by atoms with van der Waals surface area (Å²) in [5.74, 6) is -3.61. The summed E-state index contributed by atoms with van der Waals surface area (Å²) in [4.78, 5) is 119. The minimum Gasteiger partial charge on any atom is -0.476 e. The Bertz CT molecular complexity index is 4580. The van der Waals surface area contributed by atoms with Gasteiger partial charge in [0.2, 0.25) is 31.6 Å². The number of hydrogen-bond donors (Lipinski definition) is 9. The highest BCUT2D eigenvalue weighted by Crippen LogP contribution is 2.31. The molecule has 3 aromatic carbocycles. The fraction of sp³-hybridized carbons (Fsp3) is 0.293. The first kappa shape index (κ1) is 82.2. The third-order valence-electron chi connectivity index (χ3n) is 12.7. The average Bonchev–Trinajstić information content (AvgIpc) is 1.68. The number of anilines is 7. The van der Waals surface area contributed by atoms with Gasteiger partial charge >= 0.3 is 35.8 Å². The van der Waals surface area contributed by atoms with Gasteiger partial charge in [-0.2, -0.15) is 20.4 Å². The Morgan fingerprint density at radius 3 is 1.20 bits per heavy atom. The van der Waals surface area contributed by atoms with Gasteiger partial charge in [-0.15, -0.1) is 5.10 Å². The number of aryl methyl sites for hydroxylation is 4. The topological polar surface area (TPSA) is 564 Å². The summed E-state index contributed by atoms with van der Waals surface area (Å²) >= 11 is 0. The number of sulfonamides is 2. The number of nitro groups is 2. The Morgan fingerprint density at radius 1 is 0.505 bits per heavy atom. The fourth-order valence-electron chi connectivity index (χ4n) is 7.82. The lowest BCUT2D eigenvalue weighted by atomic mass is 10.2. The third-order valence-corrected chi connectivity index (χ3v) is 13.9. The van der Waals surface area contributed by atoms with Crippen molar-refractivity contribution in [2.75, 3.05) is 106 Å². The van der Waals surface area contributed by atoms with Crippen LogP contribution >= 0.6 is 0 Å². The van der Waals surface area contributed by atoms with Crippen molar-refractivity contribution in [1.29, 1.82) is 0 Å². The van der Waals surface area contributed by atoms with Gasteiger partial charge in [0.1, 0.15) is 42.7 Å². The van der Waals surface area contributed by atoms with Gasteiger partial charge in [0, 0.05) is 84.6 Å². The van der Waals surface area contributed by atoms with Crippen LogP contribution in [0.1, 0.15) is 69.1 Å². The lowest BCUT2D eigenvalue weighted by Gasteiger charge is -2.12. The van der Waals surface area contributed by atoms with Gasteiger partial charge in [0.05, 0.1) is 23.5 Å². The molecule has 0 spiro atoms. The van der Waals surface area contributed by atoms with Crippen LogP contribution < -0.4 is 36.9 Å². The van der Waals surface area contributed by atoms with E-state index in [2.05, 4.69) is 50.9 Å². The summed E-state index contributed by atoms with van der Waals surface area (Å²) in [6, 6.07) is 28.1. The third kappa shape index (κ3) is 24.6. The van der Waals surface area contributed by atoms with Gasteiger partial charge in [-0.25, -0.2) is 50.1 Å². The van der Waals surface area contributed by atoms with E-state index in [9.17, 15) is 75.4 Å². The lowest BCUT2D eigenvalue weighted by Crippen LogP contribution is -2.24. The highest BCUT2D eigenvalue weighted by molar-refractivity contribution is 7.92. The summed E-state index contributed by atoms with van der Waals surface area (Å²) in [6.45, 7) is 0.165. The Balaban J connectivity index is 0.000000280. The second-order valence-corrected chi connectivity index (χ2v) is 25.4. The van der Waals surface area contributed by atoms with Crippen molar-refractivity contribution in [3.8, 4) is 0 Å².